The van der Waals surface area contributed by atoms with E-state index in [4.69, 9.17) is 19.3 Å². The maximum absolute atomic E-state index is 8.81. The molecule has 0 fully saturated rings. The lowest BCUT2D eigenvalue weighted by atomic mass is 10.3. The average Bonchev–Trinajstić information content (AvgIpc) is 2.48. The van der Waals surface area contributed by atoms with E-state index in [1.54, 1.807) is 0 Å². The van der Waals surface area contributed by atoms with Crippen LogP contribution in [0.5, 0.6) is 17.2 Å². The number of hydrogen-bond donors (Lipinski definition) is 1. The number of aliphatic hydroxyl groups excluding tert-OH is 1. The summed E-state index contributed by atoms with van der Waals surface area (Å²) in [5.41, 5.74) is 0. The van der Waals surface area contributed by atoms with E-state index in [1.807, 2.05) is 18.2 Å². The van der Waals surface area contributed by atoms with Crippen molar-refractivity contribution in [1.29, 1.82) is 0 Å². The summed E-state index contributed by atoms with van der Waals surface area (Å²) in [6, 6.07) is 5.66. The Morgan fingerprint density at radius 2 is 1.10 bits per heavy atom. The van der Waals surface area contributed by atoms with Crippen molar-refractivity contribution in [2.75, 3.05) is 26.4 Å². The van der Waals surface area contributed by atoms with E-state index in [-0.39, 0.29) is 6.61 Å². The summed E-state index contributed by atoms with van der Waals surface area (Å²) in [7, 11) is 0. The van der Waals surface area contributed by atoms with Crippen LogP contribution in [-0.2, 0) is 0 Å². The van der Waals surface area contributed by atoms with Crippen LogP contribution in [0, 0.1) is 0 Å². The van der Waals surface area contributed by atoms with Crippen LogP contribution >= 0.6 is 0 Å². The molecule has 1 aromatic rings. The maximum Gasteiger partial charge on any atom is 0.126 e. The Morgan fingerprint density at radius 1 is 0.714 bits per heavy atom. The highest BCUT2D eigenvalue weighted by Crippen LogP contribution is 2.28. The van der Waals surface area contributed by atoms with Gasteiger partial charge in [0, 0.05) is 31.2 Å². The van der Waals surface area contributed by atoms with Crippen LogP contribution in [-0.4, -0.2) is 31.5 Å². The normalized spacial score (nSPS) is 10.4. The Balaban J connectivity index is 2.65. The lowest BCUT2D eigenvalue weighted by Gasteiger charge is -2.13. The molecule has 1 N–H and O–H groups in total. The molecule has 0 bridgehead atoms. The summed E-state index contributed by atoms with van der Waals surface area (Å²) >= 11 is 0. The monoisotopic (exact) mass is 296 g/mol. The molecule has 0 aliphatic rings. The average molecular weight is 296 g/mol. The van der Waals surface area contributed by atoms with Crippen LogP contribution in [0.15, 0.2) is 18.2 Å². The first kappa shape index (κ1) is 17.6. The fourth-order valence-electron chi connectivity index (χ4n) is 1.72. The molecule has 0 spiro atoms. The molecule has 0 aliphatic heterocycles. The van der Waals surface area contributed by atoms with Gasteiger partial charge in [0.1, 0.15) is 17.2 Å². The van der Waals surface area contributed by atoms with Crippen molar-refractivity contribution < 1.29 is 19.3 Å². The van der Waals surface area contributed by atoms with Crippen LogP contribution in [0.1, 0.15) is 46.0 Å². The van der Waals surface area contributed by atoms with Gasteiger partial charge in [-0.05, 0) is 12.8 Å². The van der Waals surface area contributed by atoms with E-state index in [0.717, 1.165) is 42.9 Å². The van der Waals surface area contributed by atoms with Crippen molar-refractivity contribution in [3.63, 3.8) is 0 Å². The zero-order valence-electron chi connectivity index (χ0n) is 13.3. The van der Waals surface area contributed by atoms with Crippen molar-refractivity contribution in [2.24, 2.45) is 0 Å². The highest BCUT2D eigenvalue weighted by molar-refractivity contribution is 5.42. The van der Waals surface area contributed by atoms with Crippen LogP contribution in [0.2, 0.25) is 0 Å². The molecule has 0 saturated carbocycles. The lowest BCUT2D eigenvalue weighted by Crippen LogP contribution is -2.03. The van der Waals surface area contributed by atoms with E-state index in [2.05, 4.69) is 13.8 Å². The van der Waals surface area contributed by atoms with Crippen LogP contribution in [0.4, 0.5) is 0 Å². The van der Waals surface area contributed by atoms with Crippen molar-refractivity contribution in [3.05, 3.63) is 18.2 Å². The van der Waals surface area contributed by atoms with E-state index < -0.39 is 0 Å². The molecule has 0 unspecified atom stereocenters. The van der Waals surface area contributed by atoms with E-state index in [0.29, 0.717) is 26.2 Å². The number of rotatable bonds is 12. The minimum absolute atomic E-state index is 0.131. The van der Waals surface area contributed by atoms with Gasteiger partial charge in [0.25, 0.3) is 0 Å². The molecular weight excluding hydrogens is 268 g/mol. The van der Waals surface area contributed by atoms with E-state index in [1.165, 1.54) is 0 Å². The third-order valence-corrected chi connectivity index (χ3v) is 2.96. The number of unbranched alkanes of at least 4 members (excludes halogenated alkanes) is 2. The minimum Gasteiger partial charge on any atom is -0.493 e. The third kappa shape index (κ3) is 7.81. The molecule has 0 heterocycles. The molecule has 4 heteroatoms. The van der Waals surface area contributed by atoms with Gasteiger partial charge in [-0.2, -0.15) is 0 Å². The van der Waals surface area contributed by atoms with Crippen LogP contribution in [0.3, 0.4) is 0 Å². The first-order valence-electron chi connectivity index (χ1n) is 7.94. The number of ether oxygens (including phenoxy) is 3. The predicted octanol–water partition coefficient (Wildman–Crippen LogP) is 3.81. The SMILES string of the molecule is CCCCOc1cc(OCCCC)cc(OCCCO)c1. The molecule has 0 amide bonds. The lowest BCUT2D eigenvalue weighted by molar-refractivity contribution is 0.231. The van der Waals surface area contributed by atoms with Crippen molar-refractivity contribution in [1.82, 2.24) is 0 Å². The van der Waals surface area contributed by atoms with Gasteiger partial charge in [0.2, 0.25) is 0 Å². The molecule has 1 rings (SSSR count). The van der Waals surface area contributed by atoms with Crippen molar-refractivity contribution in [3.8, 4) is 17.2 Å². The molecule has 0 aliphatic carbocycles. The van der Waals surface area contributed by atoms with Gasteiger partial charge >= 0.3 is 0 Å². The van der Waals surface area contributed by atoms with E-state index in [9.17, 15) is 0 Å². The quantitative estimate of drug-likeness (QED) is 0.596. The van der Waals surface area contributed by atoms with Crippen LogP contribution < -0.4 is 14.2 Å². The highest BCUT2D eigenvalue weighted by Gasteiger charge is 2.05. The topological polar surface area (TPSA) is 47.9 Å². The molecular formula is C17H28O4. The Bertz CT molecular complexity index is 310. The number of hydrogen-bond acceptors (Lipinski definition) is 4. The molecule has 4 nitrogen and oxygen atoms in total. The Morgan fingerprint density at radius 3 is 1.43 bits per heavy atom. The number of aliphatic hydroxyl groups is 1. The van der Waals surface area contributed by atoms with Gasteiger partial charge in [-0.3, -0.25) is 0 Å². The summed E-state index contributed by atoms with van der Waals surface area (Å²) in [6.07, 6.45) is 4.88. The van der Waals surface area contributed by atoms with Gasteiger partial charge < -0.3 is 19.3 Å². The standard InChI is InChI=1S/C17H28O4/c1-3-5-9-19-15-12-16(20-10-6-4-2)14-17(13-15)21-11-7-8-18/h12-14,18H,3-11H2,1-2H3. The summed E-state index contributed by atoms with van der Waals surface area (Å²) in [5, 5.41) is 8.81. The number of benzene rings is 1. The second kappa shape index (κ2) is 11.3. The Kier molecular flexibility index (Phi) is 9.46. The summed E-state index contributed by atoms with van der Waals surface area (Å²) in [4.78, 5) is 0. The molecule has 1 aromatic carbocycles. The molecule has 0 aromatic heterocycles. The second-order valence-electron chi connectivity index (χ2n) is 4.97. The Hall–Kier alpha value is -1.42. The largest absolute Gasteiger partial charge is 0.493 e. The van der Waals surface area contributed by atoms with E-state index >= 15 is 0 Å². The van der Waals surface area contributed by atoms with Crippen molar-refractivity contribution in [2.45, 2.75) is 46.0 Å². The van der Waals surface area contributed by atoms with Gasteiger partial charge in [0.15, 0.2) is 0 Å². The fraction of sp³-hybridized carbons (Fsp3) is 0.647. The van der Waals surface area contributed by atoms with Crippen LogP contribution in [0.25, 0.3) is 0 Å². The Labute approximate surface area is 128 Å². The predicted molar refractivity (Wildman–Crippen MR) is 84.4 cm³/mol. The highest BCUT2D eigenvalue weighted by atomic mass is 16.5. The first-order valence-corrected chi connectivity index (χ1v) is 7.94. The first-order chi connectivity index (χ1) is 10.3. The van der Waals surface area contributed by atoms with Gasteiger partial charge in [-0.15, -0.1) is 0 Å². The summed E-state index contributed by atoms with van der Waals surface area (Å²) in [5.74, 6) is 2.27. The summed E-state index contributed by atoms with van der Waals surface area (Å²) < 4.78 is 17.1. The molecule has 0 saturated heterocycles. The smallest absolute Gasteiger partial charge is 0.126 e. The fourth-order valence-corrected chi connectivity index (χ4v) is 1.72. The summed E-state index contributed by atoms with van der Waals surface area (Å²) in [6.45, 7) is 6.29. The van der Waals surface area contributed by atoms with Crippen molar-refractivity contribution >= 4 is 0 Å². The second-order valence-corrected chi connectivity index (χ2v) is 4.97. The molecule has 21 heavy (non-hydrogen) atoms. The van der Waals surface area contributed by atoms with Gasteiger partial charge in [0.05, 0.1) is 19.8 Å². The minimum atomic E-state index is 0.131. The molecule has 120 valence electrons. The zero-order valence-corrected chi connectivity index (χ0v) is 13.3. The van der Waals surface area contributed by atoms with Gasteiger partial charge in [-0.25, -0.2) is 0 Å². The third-order valence-electron chi connectivity index (χ3n) is 2.96. The maximum atomic E-state index is 8.81. The zero-order chi connectivity index (χ0) is 15.3. The van der Waals surface area contributed by atoms with Gasteiger partial charge in [-0.1, -0.05) is 26.7 Å². The molecule has 0 atom stereocenters. The molecule has 0 radical (unpaired) electrons.